The lowest BCUT2D eigenvalue weighted by Gasteiger charge is -2.30. The van der Waals surface area contributed by atoms with Crippen molar-refractivity contribution >= 4 is 52.5 Å². The van der Waals surface area contributed by atoms with Crippen molar-refractivity contribution in [1.82, 2.24) is 19.8 Å². The van der Waals surface area contributed by atoms with Crippen LogP contribution in [-0.4, -0.2) is 114 Å². The summed E-state index contributed by atoms with van der Waals surface area (Å²) in [6.07, 6.45) is 5.47. The second kappa shape index (κ2) is 16.6. The maximum absolute atomic E-state index is 12.2. The minimum Gasteiger partial charge on any atom is -0.434 e. The van der Waals surface area contributed by atoms with Crippen LogP contribution in [-0.2, 0) is 28.5 Å². The number of rotatable bonds is 14. The van der Waals surface area contributed by atoms with E-state index in [1.165, 1.54) is 45.6 Å². The number of hydrogen-bond acceptors (Lipinski definition) is 16. The number of aromatic amines is 1. The Kier molecular flexibility index (Phi) is 12.0. The summed E-state index contributed by atoms with van der Waals surface area (Å²) in [5, 5.41) is 6.23. The molecule has 4 aliphatic rings. The Balaban J connectivity index is 0.888. The van der Waals surface area contributed by atoms with Crippen LogP contribution in [0, 0.1) is 12.8 Å². The molecule has 0 bridgehead atoms. The zero-order valence-electron chi connectivity index (χ0n) is 25.6. The highest BCUT2D eigenvalue weighted by atomic mass is 33.1. The SMILES string of the molecule is Cc1cn([C@H]2C[C@@H](N=[N+]=[N-])[C@@H](COC(=O)OCCSSCCOC(=O)OC[C@@H]3C=C[C@H](N4C=NC5C(=O)NC=NC54)C3)O2)c(=O)[nH]c1=O. The zero-order chi connectivity index (χ0) is 34.0. The van der Waals surface area contributed by atoms with Gasteiger partial charge >= 0.3 is 18.0 Å². The van der Waals surface area contributed by atoms with E-state index in [9.17, 15) is 24.0 Å². The first-order valence-corrected chi connectivity index (χ1v) is 17.4. The molecule has 19 nitrogen and oxygen atoms in total. The number of aryl methyl sites for hydroxylation is 1. The molecular weight excluding hydrogens is 674 g/mol. The number of aromatic nitrogens is 2. The highest BCUT2D eigenvalue weighted by Gasteiger charge is 2.41. The molecule has 0 aromatic carbocycles. The maximum atomic E-state index is 12.2. The van der Waals surface area contributed by atoms with Crippen LogP contribution in [0.2, 0.25) is 0 Å². The molecule has 5 rings (SSSR count). The van der Waals surface area contributed by atoms with Crippen molar-refractivity contribution in [1.29, 1.82) is 0 Å². The Hall–Kier alpha value is -4.46. The quantitative estimate of drug-likeness (QED) is 0.0532. The van der Waals surface area contributed by atoms with Gasteiger partial charge in [0, 0.05) is 40.5 Å². The van der Waals surface area contributed by atoms with Crippen molar-refractivity contribution in [3.05, 3.63) is 55.2 Å². The molecule has 1 aromatic rings. The van der Waals surface area contributed by atoms with E-state index in [2.05, 4.69) is 30.3 Å². The van der Waals surface area contributed by atoms with Gasteiger partial charge in [-0.3, -0.25) is 24.1 Å². The first-order chi connectivity index (χ1) is 23.2. The summed E-state index contributed by atoms with van der Waals surface area (Å²) >= 11 is 0. The van der Waals surface area contributed by atoms with Crippen LogP contribution in [0.25, 0.3) is 10.4 Å². The fraction of sp³-hybridized carbons (Fsp3) is 0.593. The van der Waals surface area contributed by atoms with Gasteiger partial charge in [-0.1, -0.05) is 38.9 Å². The topological polar surface area (TPSA) is 241 Å². The van der Waals surface area contributed by atoms with Crippen LogP contribution in [0.15, 0.2) is 43.0 Å². The summed E-state index contributed by atoms with van der Waals surface area (Å²) in [7, 11) is 2.83. The number of hydrogen-bond donors (Lipinski definition) is 2. The van der Waals surface area contributed by atoms with Crippen molar-refractivity contribution < 1.29 is 38.1 Å². The molecule has 0 spiro atoms. The van der Waals surface area contributed by atoms with Crippen LogP contribution in [0.1, 0.15) is 24.6 Å². The summed E-state index contributed by atoms with van der Waals surface area (Å²) in [5.41, 5.74) is 8.01. The third-order valence-electron chi connectivity index (χ3n) is 7.68. The van der Waals surface area contributed by atoms with Crippen LogP contribution in [0.5, 0.6) is 0 Å². The summed E-state index contributed by atoms with van der Waals surface area (Å²) in [6.45, 7) is 1.62. The molecule has 48 heavy (non-hydrogen) atoms. The second-order valence-electron chi connectivity index (χ2n) is 10.9. The van der Waals surface area contributed by atoms with Crippen molar-refractivity contribution in [3.63, 3.8) is 0 Å². The molecule has 2 unspecified atom stereocenters. The minimum absolute atomic E-state index is 0.000646. The number of amides is 1. The average molecular weight is 708 g/mol. The Morgan fingerprint density at radius 2 is 1.79 bits per heavy atom. The van der Waals surface area contributed by atoms with Gasteiger partial charge < -0.3 is 33.9 Å². The number of nitrogens with one attached hydrogen (secondary N) is 2. The van der Waals surface area contributed by atoms with Crippen molar-refractivity contribution in [3.8, 4) is 0 Å². The minimum atomic E-state index is -0.938. The Morgan fingerprint density at radius 3 is 2.52 bits per heavy atom. The zero-order valence-corrected chi connectivity index (χ0v) is 27.2. The van der Waals surface area contributed by atoms with Crippen molar-refractivity contribution in [2.45, 2.75) is 56.4 Å². The van der Waals surface area contributed by atoms with E-state index < -0.39 is 48.0 Å². The third kappa shape index (κ3) is 8.91. The maximum Gasteiger partial charge on any atom is 0.508 e. The van der Waals surface area contributed by atoms with Gasteiger partial charge in [0.15, 0.2) is 12.2 Å². The fourth-order valence-electron chi connectivity index (χ4n) is 5.33. The Bertz CT molecular complexity index is 1610. The normalized spacial score (nSPS) is 26.9. The van der Waals surface area contributed by atoms with E-state index >= 15 is 0 Å². The molecule has 21 heteroatoms. The molecule has 1 aromatic heterocycles. The van der Waals surface area contributed by atoms with E-state index in [1.807, 2.05) is 17.1 Å². The van der Waals surface area contributed by atoms with E-state index in [4.69, 9.17) is 29.2 Å². The molecular formula is C27H33N9O10S2. The molecule has 0 saturated carbocycles. The highest BCUT2D eigenvalue weighted by Crippen LogP contribution is 2.31. The van der Waals surface area contributed by atoms with E-state index in [0.29, 0.717) is 23.5 Å². The van der Waals surface area contributed by atoms with Crippen LogP contribution < -0.4 is 16.6 Å². The molecule has 1 amide bonds. The smallest absolute Gasteiger partial charge is 0.434 e. The number of carbonyl (C=O) groups excluding carboxylic acids is 3. The average Bonchev–Trinajstić information content (AvgIpc) is 3.81. The molecule has 3 aliphatic heterocycles. The third-order valence-corrected chi connectivity index (χ3v) is 10.0. The predicted molar refractivity (Wildman–Crippen MR) is 173 cm³/mol. The van der Waals surface area contributed by atoms with Gasteiger partial charge in [-0.2, -0.15) is 0 Å². The fourth-order valence-corrected chi connectivity index (χ4v) is 6.98. The molecule has 1 fully saturated rings. The molecule has 258 valence electrons. The molecule has 1 aliphatic carbocycles. The number of ether oxygens (including phenoxy) is 5. The molecule has 2 N–H and O–H groups in total. The van der Waals surface area contributed by atoms with Crippen LogP contribution >= 0.6 is 21.6 Å². The number of H-pyrrole nitrogens is 1. The molecule has 4 heterocycles. The number of fused-ring (bicyclic) bond motifs is 1. The summed E-state index contributed by atoms with van der Waals surface area (Å²) in [4.78, 5) is 75.4. The lowest BCUT2D eigenvalue weighted by molar-refractivity contribution is -0.122. The Labute approximate surface area is 280 Å². The first-order valence-electron chi connectivity index (χ1n) is 14.9. The summed E-state index contributed by atoms with van der Waals surface area (Å²) < 4.78 is 27.5. The number of aliphatic imine (C=N–C) groups is 2. The standard InChI is InChI=1S/C27H33N9O10S2/c1-15-10-35(25(39)32-23(15)37)20-9-18(33-34-28)19(46-20)12-45-27(41)43-5-7-48-47-6-4-42-26(40)44-11-16-2-3-17(8-16)36-14-31-21-22(36)29-13-30-24(21)38/h2-3,10,13-14,16-22H,4-9,11-12H2,1H3,(H,29,30,38)(H,32,37,39)/t16-,17+,18-,19-,20-,21?,22?/m1/s1. The van der Waals surface area contributed by atoms with Crippen LogP contribution in [0.3, 0.4) is 0 Å². The molecule has 0 radical (unpaired) electrons. The van der Waals surface area contributed by atoms with E-state index in [0.717, 1.165) is 0 Å². The van der Waals surface area contributed by atoms with Gasteiger partial charge in [0.2, 0.25) is 0 Å². The molecule has 7 atom stereocenters. The highest BCUT2D eigenvalue weighted by molar-refractivity contribution is 8.76. The van der Waals surface area contributed by atoms with Gasteiger partial charge in [0.1, 0.15) is 38.8 Å². The second-order valence-corrected chi connectivity index (χ2v) is 13.6. The Morgan fingerprint density at radius 1 is 1.06 bits per heavy atom. The van der Waals surface area contributed by atoms with Crippen molar-refractivity contribution in [2.75, 3.05) is 37.9 Å². The van der Waals surface area contributed by atoms with Gasteiger partial charge in [0.25, 0.3) is 11.5 Å². The number of nitrogens with zero attached hydrogens (tertiary/aromatic N) is 7. The predicted octanol–water partition coefficient (Wildman–Crippen LogP) is 1.64. The van der Waals surface area contributed by atoms with Gasteiger partial charge in [0.05, 0.1) is 24.8 Å². The van der Waals surface area contributed by atoms with E-state index in [-0.39, 0.29) is 56.9 Å². The van der Waals surface area contributed by atoms with E-state index in [1.54, 1.807) is 6.34 Å². The van der Waals surface area contributed by atoms with Crippen LogP contribution in [0.4, 0.5) is 9.59 Å². The number of carbonyl (C=O) groups is 3. The largest absolute Gasteiger partial charge is 0.508 e. The van der Waals surface area contributed by atoms with Gasteiger partial charge in [-0.15, -0.1) is 0 Å². The molecule has 1 saturated heterocycles. The summed E-state index contributed by atoms with van der Waals surface area (Å²) in [5.74, 6) is 0.742. The summed E-state index contributed by atoms with van der Waals surface area (Å²) in [6, 6.07) is -1.27. The van der Waals surface area contributed by atoms with Gasteiger partial charge in [-0.05, 0) is 18.9 Å². The number of azide groups is 1. The first kappa shape index (κ1) is 34.9. The van der Waals surface area contributed by atoms with Gasteiger partial charge in [-0.25, -0.2) is 19.4 Å². The monoisotopic (exact) mass is 707 g/mol. The lowest BCUT2D eigenvalue weighted by atomic mass is 10.1. The lowest BCUT2D eigenvalue weighted by Crippen LogP contribution is -2.50. The van der Waals surface area contributed by atoms with Crippen molar-refractivity contribution in [2.24, 2.45) is 21.0 Å².